The molecule has 2 aromatic carbocycles. The third kappa shape index (κ3) is 5.71. The first-order valence-electron chi connectivity index (χ1n) is 10.8. The lowest BCUT2D eigenvalue weighted by molar-refractivity contribution is 0.533. The van der Waals surface area contributed by atoms with Crippen LogP contribution in [0.3, 0.4) is 0 Å². The van der Waals surface area contributed by atoms with E-state index in [2.05, 4.69) is 41.7 Å². The van der Waals surface area contributed by atoms with Crippen LogP contribution >= 0.6 is 0 Å². The minimum atomic E-state index is -0.0110. The van der Waals surface area contributed by atoms with Gasteiger partial charge in [-0.05, 0) is 42.0 Å². The largest absolute Gasteiger partial charge is 0.396 e. The van der Waals surface area contributed by atoms with Crippen LogP contribution in [0.2, 0.25) is 0 Å². The molecular formula is C27H31N5. The van der Waals surface area contributed by atoms with Crippen molar-refractivity contribution in [2.24, 2.45) is 21.5 Å². The molecule has 0 amide bonds. The first-order chi connectivity index (χ1) is 15.7. The van der Waals surface area contributed by atoms with Crippen molar-refractivity contribution in [2.75, 3.05) is 13.1 Å². The summed E-state index contributed by atoms with van der Waals surface area (Å²) in [6.45, 7) is 6.89. The van der Waals surface area contributed by atoms with Crippen molar-refractivity contribution in [1.29, 1.82) is 0 Å². The lowest BCUT2D eigenvalue weighted by Gasteiger charge is -2.28. The van der Waals surface area contributed by atoms with Crippen molar-refractivity contribution < 1.29 is 0 Å². The van der Waals surface area contributed by atoms with Crippen LogP contribution in [0, 0.1) is 0 Å². The lowest BCUT2D eigenvalue weighted by atomic mass is 10.0. The van der Waals surface area contributed by atoms with Gasteiger partial charge in [0, 0.05) is 25.5 Å². The molecular weight excluding hydrogens is 394 g/mol. The second-order valence-corrected chi connectivity index (χ2v) is 7.43. The van der Waals surface area contributed by atoms with Crippen LogP contribution in [-0.2, 0) is 0 Å². The molecule has 32 heavy (non-hydrogen) atoms. The van der Waals surface area contributed by atoms with E-state index in [1.54, 1.807) is 6.20 Å². The molecule has 0 radical (unpaired) electrons. The van der Waals surface area contributed by atoms with Crippen molar-refractivity contribution in [2.45, 2.75) is 19.4 Å². The number of hydrogen-bond donors (Lipinski definition) is 2. The predicted octanol–water partition coefficient (Wildman–Crippen LogP) is 4.83. The van der Waals surface area contributed by atoms with Gasteiger partial charge in [-0.1, -0.05) is 73.7 Å². The highest BCUT2D eigenvalue weighted by molar-refractivity contribution is 6.12. The Hall–Kier alpha value is -3.70. The second kappa shape index (κ2) is 11.6. The maximum atomic E-state index is 6.76. The predicted molar refractivity (Wildman–Crippen MR) is 136 cm³/mol. The van der Waals surface area contributed by atoms with E-state index in [4.69, 9.17) is 16.5 Å². The second-order valence-electron chi connectivity index (χ2n) is 7.43. The summed E-state index contributed by atoms with van der Waals surface area (Å²) in [6, 6.07) is 20.2. The number of allylic oxidation sites excluding steroid dienone is 1. The SMILES string of the molecule is C=N/C=C\C(=NC(CC)c1ccccc1)/C(=C(/N)c1ccccc1)N1C=CC(CN)=CC1. The van der Waals surface area contributed by atoms with Gasteiger partial charge in [0.2, 0.25) is 0 Å². The Morgan fingerprint density at radius 3 is 2.38 bits per heavy atom. The minimum absolute atomic E-state index is 0.0110. The Morgan fingerprint density at radius 2 is 1.81 bits per heavy atom. The summed E-state index contributed by atoms with van der Waals surface area (Å²) in [7, 11) is 0. The van der Waals surface area contributed by atoms with Crippen molar-refractivity contribution in [3.8, 4) is 0 Å². The molecule has 1 aliphatic rings. The molecule has 164 valence electrons. The molecule has 1 unspecified atom stereocenters. The van der Waals surface area contributed by atoms with Crippen LogP contribution in [0.15, 0.2) is 113 Å². The zero-order valence-corrected chi connectivity index (χ0v) is 18.6. The van der Waals surface area contributed by atoms with Gasteiger partial charge in [-0.15, -0.1) is 0 Å². The van der Waals surface area contributed by atoms with E-state index in [0.29, 0.717) is 18.8 Å². The Bertz CT molecular complexity index is 1050. The van der Waals surface area contributed by atoms with Gasteiger partial charge in [0.1, 0.15) is 0 Å². The summed E-state index contributed by atoms with van der Waals surface area (Å²) in [5.74, 6) is 0. The average molecular weight is 426 g/mol. The molecule has 1 heterocycles. The van der Waals surface area contributed by atoms with Gasteiger partial charge in [-0.2, -0.15) is 0 Å². The van der Waals surface area contributed by atoms with Gasteiger partial charge in [-0.25, -0.2) is 0 Å². The Labute approximate surface area is 190 Å². The summed E-state index contributed by atoms with van der Waals surface area (Å²) in [4.78, 5) is 11.2. The number of benzene rings is 2. The molecule has 0 saturated carbocycles. The van der Waals surface area contributed by atoms with E-state index < -0.39 is 0 Å². The normalized spacial score (nSPS) is 16.0. The first-order valence-corrected chi connectivity index (χ1v) is 10.8. The van der Waals surface area contributed by atoms with Crippen LogP contribution in [0.4, 0.5) is 0 Å². The quantitative estimate of drug-likeness (QED) is 0.565. The molecule has 2 aromatic rings. The molecule has 0 saturated heterocycles. The molecule has 0 spiro atoms. The van der Waals surface area contributed by atoms with Crippen molar-refractivity contribution in [3.63, 3.8) is 0 Å². The van der Waals surface area contributed by atoms with Gasteiger partial charge in [0.25, 0.3) is 0 Å². The third-order valence-electron chi connectivity index (χ3n) is 5.33. The Kier molecular flexibility index (Phi) is 8.35. The Morgan fingerprint density at radius 1 is 1.12 bits per heavy atom. The molecule has 5 nitrogen and oxygen atoms in total. The number of nitrogens with two attached hydrogens (primary N) is 2. The molecule has 0 aliphatic carbocycles. The maximum Gasteiger partial charge on any atom is 0.0906 e. The molecule has 1 atom stereocenters. The van der Waals surface area contributed by atoms with E-state index in [1.807, 2.05) is 66.9 Å². The van der Waals surface area contributed by atoms with E-state index in [0.717, 1.165) is 34.5 Å². The van der Waals surface area contributed by atoms with Gasteiger partial charge >= 0.3 is 0 Å². The van der Waals surface area contributed by atoms with Crippen LogP contribution in [0.25, 0.3) is 5.70 Å². The highest BCUT2D eigenvalue weighted by Crippen LogP contribution is 2.26. The average Bonchev–Trinajstić information content (AvgIpc) is 2.86. The van der Waals surface area contributed by atoms with Gasteiger partial charge in [0.15, 0.2) is 0 Å². The molecule has 0 aromatic heterocycles. The molecule has 3 rings (SSSR count). The molecule has 5 heteroatoms. The van der Waals surface area contributed by atoms with Gasteiger partial charge in [-0.3, -0.25) is 9.98 Å². The maximum absolute atomic E-state index is 6.76. The fourth-order valence-corrected chi connectivity index (χ4v) is 3.59. The summed E-state index contributed by atoms with van der Waals surface area (Å²) >= 11 is 0. The fraction of sp³-hybridized carbons (Fsp3) is 0.185. The van der Waals surface area contributed by atoms with Gasteiger partial charge < -0.3 is 16.4 Å². The monoisotopic (exact) mass is 425 g/mol. The lowest BCUT2D eigenvalue weighted by Crippen LogP contribution is -2.28. The standard InChI is InChI=1S/C27H31N5/c1-3-24(22-10-6-4-7-11-22)31-25(14-17-30-2)27(26(29)23-12-8-5-9-13-23)32-18-15-21(20-28)16-19-32/h4-18,24H,2-3,19-20,28-29H2,1H3/b17-14-,27-26-,31-25?. The van der Waals surface area contributed by atoms with Gasteiger partial charge in [0.05, 0.1) is 23.1 Å². The van der Waals surface area contributed by atoms with Crippen LogP contribution in [-0.4, -0.2) is 30.4 Å². The summed E-state index contributed by atoms with van der Waals surface area (Å²) in [5.41, 5.74) is 18.0. The number of rotatable bonds is 9. The molecule has 0 fully saturated rings. The van der Waals surface area contributed by atoms with Crippen molar-refractivity contribution in [3.05, 3.63) is 114 Å². The zero-order valence-electron chi connectivity index (χ0n) is 18.6. The third-order valence-corrected chi connectivity index (χ3v) is 5.33. The topological polar surface area (TPSA) is 80.0 Å². The first kappa shape index (κ1) is 23.0. The van der Waals surface area contributed by atoms with Crippen molar-refractivity contribution >= 4 is 18.1 Å². The number of nitrogens with zero attached hydrogens (tertiary/aromatic N) is 3. The van der Waals surface area contributed by atoms with E-state index in [1.165, 1.54) is 0 Å². The molecule has 0 bridgehead atoms. The summed E-state index contributed by atoms with van der Waals surface area (Å²) in [5, 5.41) is 0. The number of aliphatic imine (C=N–C) groups is 2. The fourth-order valence-electron chi connectivity index (χ4n) is 3.59. The van der Waals surface area contributed by atoms with E-state index in [-0.39, 0.29) is 6.04 Å². The van der Waals surface area contributed by atoms with Crippen LogP contribution in [0.5, 0.6) is 0 Å². The smallest absolute Gasteiger partial charge is 0.0906 e. The van der Waals surface area contributed by atoms with Crippen LogP contribution in [0.1, 0.15) is 30.5 Å². The number of hydrogen-bond acceptors (Lipinski definition) is 5. The summed E-state index contributed by atoms with van der Waals surface area (Å²) < 4.78 is 0. The molecule has 1 aliphatic heterocycles. The highest BCUT2D eigenvalue weighted by Gasteiger charge is 2.20. The van der Waals surface area contributed by atoms with E-state index >= 15 is 0 Å². The highest BCUT2D eigenvalue weighted by atomic mass is 15.1. The van der Waals surface area contributed by atoms with Crippen LogP contribution < -0.4 is 11.5 Å². The summed E-state index contributed by atoms with van der Waals surface area (Å²) in [6.07, 6.45) is 10.5. The van der Waals surface area contributed by atoms with E-state index in [9.17, 15) is 0 Å². The Balaban J connectivity index is 2.16. The zero-order chi connectivity index (χ0) is 22.8. The molecule has 4 N–H and O–H groups in total. The minimum Gasteiger partial charge on any atom is -0.396 e. The van der Waals surface area contributed by atoms with Crippen molar-refractivity contribution in [1.82, 2.24) is 4.90 Å².